The maximum absolute atomic E-state index is 12.7. The molecule has 0 spiro atoms. The minimum atomic E-state index is -0.264. The van der Waals surface area contributed by atoms with Crippen molar-refractivity contribution in [1.82, 2.24) is 9.88 Å². The Morgan fingerprint density at radius 3 is 2.47 bits per heavy atom. The summed E-state index contributed by atoms with van der Waals surface area (Å²) in [6.45, 7) is 3.33. The highest BCUT2D eigenvalue weighted by molar-refractivity contribution is 5.93. The summed E-state index contributed by atoms with van der Waals surface area (Å²) in [6, 6.07) is 20.9. The molecule has 1 unspecified atom stereocenters. The molecule has 7 nitrogen and oxygen atoms in total. The van der Waals surface area contributed by atoms with E-state index in [1.54, 1.807) is 23.2 Å². The largest absolute Gasteiger partial charge is 0.489 e. The number of pyridine rings is 1. The molecule has 34 heavy (non-hydrogen) atoms. The first kappa shape index (κ1) is 23.3. The predicted molar refractivity (Wildman–Crippen MR) is 130 cm³/mol. The van der Waals surface area contributed by atoms with Gasteiger partial charge in [0, 0.05) is 19.3 Å². The fraction of sp³-hybridized carbons (Fsp3) is 0.296. The molecule has 0 radical (unpaired) electrons. The third-order valence-electron chi connectivity index (χ3n) is 5.83. The van der Waals surface area contributed by atoms with Crippen LogP contribution in [0.5, 0.6) is 11.5 Å². The lowest BCUT2D eigenvalue weighted by Crippen LogP contribution is -2.45. The Bertz CT molecular complexity index is 1100. The molecule has 1 aromatic heterocycles. The van der Waals surface area contributed by atoms with Crippen LogP contribution >= 0.6 is 0 Å². The van der Waals surface area contributed by atoms with Gasteiger partial charge in [0.1, 0.15) is 23.9 Å². The van der Waals surface area contributed by atoms with E-state index in [9.17, 15) is 9.59 Å². The van der Waals surface area contributed by atoms with Crippen molar-refractivity contribution in [2.24, 2.45) is 5.92 Å². The molecule has 0 bridgehead atoms. The van der Waals surface area contributed by atoms with Crippen LogP contribution in [-0.4, -0.2) is 41.4 Å². The van der Waals surface area contributed by atoms with Crippen LogP contribution in [0.3, 0.4) is 0 Å². The smallest absolute Gasteiger partial charge is 0.260 e. The molecule has 0 saturated carbocycles. The van der Waals surface area contributed by atoms with Crippen LogP contribution in [0, 0.1) is 12.8 Å². The van der Waals surface area contributed by atoms with Gasteiger partial charge in [0.25, 0.3) is 5.91 Å². The average molecular weight is 460 g/mol. The number of hydrogen-bond acceptors (Lipinski definition) is 5. The Hall–Kier alpha value is -3.87. The lowest BCUT2D eigenvalue weighted by atomic mass is 9.97. The summed E-state index contributed by atoms with van der Waals surface area (Å²) in [4.78, 5) is 31.3. The van der Waals surface area contributed by atoms with Gasteiger partial charge in [-0.15, -0.1) is 0 Å². The number of nitrogens with zero attached hydrogens (tertiary/aromatic N) is 2. The van der Waals surface area contributed by atoms with Crippen LogP contribution in [-0.2, 0) is 16.2 Å². The van der Waals surface area contributed by atoms with E-state index < -0.39 is 0 Å². The van der Waals surface area contributed by atoms with E-state index in [-0.39, 0.29) is 24.3 Å². The number of ether oxygens (including phenoxy) is 2. The summed E-state index contributed by atoms with van der Waals surface area (Å²) in [5.74, 6) is 1.39. The number of piperidine rings is 1. The number of likely N-dealkylation sites (tertiary alicyclic amines) is 1. The zero-order valence-corrected chi connectivity index (χ0v) is 19.3. The molecule has 1 fully saturated rings. The molecule has 2 heterocycles. The monoisotopic (exact) mass is 459 g/mol. The molecule has 3 aromatic rings. The number of benzene rings is 2. The van der Waals surface area contributed by atoms with Crippen molar-refractivity contribution in [1.29, 1.82) is 0 Å². The van der Waals surface area contributed by atoms with Crippen LogP contribution in [0.4, 0.5) is 5.82 Å². The van der Waals surface area contributed by atoms with E-state index in [2.05, 4.69) is 10.3 Å². The van der Waals surface area contributed by atoms with Gasteiger partial charge in [-0.25, -0.2) is 4.98 Å². The predicted octanol–water partition coefficient (Wildman–Crippen LogP) is 4.23. The van der Waals surface area contributed by atoms with Crippen molar-refractivity contribution in [2.75, 3.05) is 25.0 Å². The number of amides is 2. The second kappa shape index (κ2) is 11.3. The van der Waals surface area contributed by atoms with Crippen LogP contribution in [0.2, 0.25) is 0 Å². The highest BCUT2D eigenvalue weighted by atomic mass is 16.5. The quantitative estimate of drug-likeness (QED) is 0.545. The van der Waals surface area contributed by atoms with E-state index in [1.165, 1.54) is 0 Å². The third kappa shape index (κ3) is 6.34. The molecule has 2 amide bonds. The molecular formula is C27H29N3O4. The van der Waals surface area contributed by atoms with Crippen LogP contribution < -0.4 is 14.8 Å². The maximum Gasteiger partial charge on any atom is 0.260 e. The maximum atomic E-state index is 12.7. The second-order valence-electron chi connectivity index (χ2n) is 8.37. The number of aromatic nitrogens is 1. The van der Waals surface area contributed by atoms with Crippen molar-refractivity contribution < 1.29 is 19.1 Å². The van der Waals surface area contributed by atoms with Crippen LogP contribution in [0.25, 0.3) is 0 Å². The first-order valence-electron chi connectivity index (χ1n) is 11.5. The van der Waals surface area contributed by atoms with E-state index in [4.69, 9.17) is 9.47 Å². The summed E-state index contributed by atoms with van der Waals surface area (Å²) < 4.78 is 11.5. The van der Waals surface area contributed by atoms with Gasteiger partial charge in [0.15, 0.2) is 6.61 Å². The Morgan fingerprint density at radius 1 is 1.00 bits per heavy atom. The molecule has 4 rings (SSSR count). The second-order valence-corrected chi connectivity index (χ2v) is 8.37. The van der Waals surface area contributed by atoms with Crippen molar-refractivity contribution in [2.45, 2.75) is 26.4 Å². The number of aryl methyl sites for hydroxylation is 1. The van der Waals surface area contributed by atoms with Gasteiger partial charge in [-0.3, -0.25) is 9.59 Å². The van der Waals surface area contributed by atoms with E-state index in [0.29, 0.717) is 31.3 Å². The topological polar surface area (TPSA) is 80.8 Å². The van der Waals surface area contributed by atoms with Gasteiger partial charge in [-0.05, 0) is 61.2 Å². The van der Waals surface area contributed by atoms with Gasteiger partial charge in [-0.2, -0.15) is 0 Å². The standard InChI is InChI=1S/C27H29N3O4/c1-20-7-5-15-28-26(20)29-27(32)22-10-6-16-30(17-22)25(31)19-34-24-13-11-23(12-14-24)33-18-21-8-3-2-4-9-21/h2-5,7-9,11-15,22H,6,10,16-19H2,1H3,(H,28,29,32). The third-order valence-corrected chi connectivity index (χ3v) is 5.83. The van der Waals surface area contributed by atoms with Gasteiger partial charge in [-0.1, -0.05) is 36.4 Å². The summed E-state index contributed by atoms with van der Waals surface area (Å²) in [5.41, 5.74) is 2.00. The molecule has 0 aliphatic carbocycles. The minimum absolute atomic E-state index is 0.0715. The number of hydrogen-bond donors (Lipinski definition) is 1. The molecular weight excluding hydrogens is 430 g/mol. The molecule has 7 heteroatoms. The number of carbonyl (C=O) groups is 2. The first-order chi connectivity index (χ1) is 16.6. The average Bonchev–Trinajstić information content (AvgIpc) is 2.88. The number of anilines is 1. The van der Waals surface area contributed by atoms with Crippen molar-refractivity contribution in [3.05, 3.63) is 84.1 Å². The highest BCUT2D eigenvalue weighted by Crippen LogP contribution is 2.21. The molecule has 1 aliphatic heterocycles. The lowest BCUT2D eigenvalue weighted by molar-refractivity contribution is -0.136. The summed E-state index contributed by atoms with van der Waals surface area (Å²) in [5, 5.41) is 2.89. The van der Waals surface area contributed by atoms with Crippen LogP contribution in [0.1, 0.15) is 24.0 Å². The molecule has 1 aliphatic rings. The Labute approximate surface area is 199 Å². The summed E-state index contributed by atoms with van der Waals surface area (Å²) in [7, 11) is 0. The van der Waals surface area contributed by atoms with Gasteiger partial charge >= 0.3 is 0 Å². The minimum Gasteiger partial charge on any atom is -0.489 e. The highest BCUT2D eigenvalue weighted by Gasteiger charge is 2.29. The Balaban J connectivity index is 1.24. The summed E-state index contributed by atoms with van der Waals surface area (Å²) in [6.07, 6.45) is 3.17. The van der Waals surface area contributed by atoms with Gasteiger partial charge < -0.3 is 19.7 Å². The normalized spacial score (nSPS) is 15.4. The van der Waals surface area contributed by atoms with Gasteiger partial charge in [0.2, 0.25) is 5.91 Å². The van der Waals surface area contributed by atoms with Crippen molar-refractivity contribution >= 4 is 17.6 Å². The number of rotatable bonds is 8. The molecule has 2 aromatic carbocycles. The van der Waals surface area contributed by atoms with E-state index >= 15 is 0 Å². The molecule has 1 atom stereocenters. The zero-order valence-electron chi connectivity index (χ0n) is 19.3. The van der Waals surface area contributed by atoms with E-state index in [0.717, 1.165) is 29.7 Å². The fourth-order valence-electron chi connectivity index (χ4n) is 3.86. The lowest BCUT2D eigenvalue weighted by Gasteiger charge is -2.32. The molecule has 1 saturated heterocycles. The van der Waals surface area contributed by atoms with Crippen molar-refractivity contribution in [3.63, 3.8) is 0 Å². The molecule has 1 N–H and O–H groups in total. The van der Waals surface area contributed by atoms with Crippen LogP contribution in [0.15, 0.2) is 72.9 Å². The molecule has 176 valence electrons. The number of nitrogens with one attached hydrogen (secondary N) is 1. The van der Waals surface area contributed by atoms with Crippen molar-refractivity contribution in [3.8, 4) is 11.5 Å². The SMILES string of the molecule is Cc1cccnc1NC(=O)C1CCCN(C(=O)COc2ccc(OCc3ccccc3)cc2)C1. The zero-order chi connectivity index (χ0) is 23.8. The number of carbonyl (C=O) groups excluding carboxylic acids is 2. The fourth-order valence-corrected chi connectivity index (χ4v) is 3.86. The van der Waals surface area contributed by atoms with Gasteiger partial charge in [0.05, 0.1) is 5.92 Å². The van der Waals surface area contributed by atoms with E-state index in [1.807, 2.05) is 61.5 Å². The summed E-state index contributed by atoms with van der Waals surface area (Å²) >= 11 is 0. The Kier molecular flexibility index (Phi) is 7.75. The first-order valence-corrected chi connectivity index (χ1v) is 11.5. The Morgan fingerprint density at radius 2 is 1.74 bits per heavy atom.